The van der Waals surface area contributed by atoms with E-state index in [1.807, 2.05) is 6.08 Å². The molecule has 1 aliphatic heterocycles. The lowest BCUT2D eigenvalue weighted by atomic mass is 9.99. The number of nitrogens with one attached hydrogen (secondary N) is 1. The molecule has 0 saturated carbocycles. The minimum atomic E-state index is -1.58. The maximum Gasteiger partial charge on any atom is 0.220 e. The zero-order chi connectivity index (χ0) is 66.4. The molecule has 0 aromatic heterocycles. The van der Waals surface area contributed by atoms with Crippen LogP contribution in [0.2, 0.25) is 0 Å². The Bertz CT molecular complexity index is 1690. The topological polar surface area (TPSA) is 149 Å². The summed E-state index contributed by atoms with van der Waals surface area (Å²) < 4.78 is 11.3. The van der Waals surface area contributed by atoms with Crippen LogP contribution in [0.3, 0.4) is 0 Å². The second-order valence-corrected chi connectivity index (χ2v) is 27.8. The van der Waals surface area contributed by atoms with Crippen LogP contribution in [0, 0.1) is 0 Å². The quantitative estimate of drug-likeness (QED) is 0.0261. The van der Waals surface area contributed by atoms with E-state index in [9.17, 15) is 30.3 Å². The molecule has 0 radical (unpaired) electrons. The number of aliphatic hydroxyl groups is 5. The number of carbonyl (C=O) groups is 1. The van der Waals surface area contributed by atoms with Gasteiger partial charge in [0.1, 0.15) is 24.4 Å². The molecule has 6 N–H and O–H groups in total. The summed E-state index contributed by atoms with van der Waals surface area (Å²) in [5.41, 5.74) is 0. The van der Waals surface area contributed by atoms with Crippen molar-refractivity contribution in [3.8, 4) is 0 Å². The largest absolute Gasteiger partial charge is 0.394 e. The molecule has 1 heterocycles. The van der Waals surface area contributed by atoms with Crippen LogP contribution in [0.15, 0.2) is 72.9 Å². The van der Waals surface area contributed by atoms with Crippen LogP contribution in [0.25, 0.3) is 0 Å². The second kappa shape index (κ2) is 71.4. The van der Waals surface area contributed by atoms with E-state index in [0.29, 0.717) is 6.42 Å². The SMILES string of the molecule is CCCCCCC/C=C\C/C=C\C/C=C\CCCCCCCCCCCCCCCCCCCCCCCCC(=O)NC(COC1OC(CO)C(O)C(O)C1O)C(O)/C=C/CC/C=C/CC/C=C/CCCCCCCCCCCCCCCCCCCCCCCC. The van der Waals surface area contributed by atoms with E-state index in [2.05, 4.69) is 79.9 Å². The Morgan fingerprint density at radius 1 is 0.370 bits per heavy atom. The first-order valence-corrected chi connectivity index (χ1v) is 40.2. The zero-order valence-corrected chi connectivity index (χ0v) is 60.6. The Hall–Kier alpha value is -2.37. The van der Waals surface area contributed by atoms with E-state index < -0.39 is 49.5 Å². The molecule has 0 aromatic carbocycles. The van der Waals surface area contributed by atoms with Gasteiger partial charge in [0.05, 0.1) is 25.4 Å². The van der Waals surface area contributed by atoms with Gasteiger partial charge in [-0.15, -0.1) is 0 Å². The van der Waals surface area contributed by atoms with Crippen LogP contribution < -0.4 is 5.32 Å². The van der Waals surface area contributed by atoms with Gasteiger partial charge in [0, 0.05) is 6.42 Å². The van der Waals surface area contributed by atoms with Crippen LogP contribution >= 0.6 is 0 Å². The van der Waals surface area contributed by atoms with Crippen molar-refractivity contribution in [2.75, 3.05) is 13.2 Å². The lowest BCUT2D eigenvalue weighted by molar-refractivity contribution is -0.302. The molecule has 0 aliphatic carbocycles. The fourth-order valence-electron chi connectivity index (χ4n) is 12.7. The van der Waals surface area contributed by atoms with Crippen molar-refractivity contribution >= 4 is 5.91 Å². The summed E-state index contributed by atoms with van der Waals surface area (Å²) in [6.07, 6.45) is 94.9. The van der Waals surface area contributed by atoms with Gasteiger partial charge in [-0.3, -0.25) is 4.79 Å². The Balaban J connectivity index is 2.09. The number of amides is 1. The average molecular weight is 1290 g/mol. The smallest absolute Gasteiger partial charge is 0.220 e. The van der Waals surface area contributed by atoms with Gasteiger partial charge in [0.2, 0.25) is 5.91 Å². The third-order valence-corrected chi connectivity index (χ3v) is 19.0. The molecular formula is C83H153NO8. The Morgan fingerprint density at radius 3 is 0.989 bits per heavy atom. The third kappa shape index (κ3) is 58.9. The van der Waals surface area contributed by atoms with Crippen molar-refractivity contribution in [1.82, 2.24) is 5.32 Å². The van der Waals surface area contributed by atoms with E-state index >= 15 is 0 Å². The van der Waals surface area contributed by atoms with Crippen molar-refractivity contribution in [1.29, 1.82) is 0 Å². The normalized spacial score (nSPS) is 18.0. The van der Waals surface area contributed by atoms with E-state index in [4.69, 9.17) is 9.47 Å². The molecule has 0 bridgehead atoms. The van der Waals surface area contributed by atoms with Crippen molar-refractivity contribution in [3.05, 3.63) is 72.9 Å². The molecule has 7 unspecified atom stereocenters. The van der Waals surface area contributed by atoms with Gasteiger partial charge < -0.3 is 40.3 Å². The highest BCUT2D eigenvalue weighted by Gasteiger charge is 2.44. The summed E-state index contributed by atoms with van der Waals surface area (Å²) in [5, 5.41) is 54.9. The van der Waals surface area contributed by atoms with Crippen molar-refractivity contribution < 1.29 is 39.8 Å². The molecule has 538 valence electrons. The minimum absolute atomic E-state index is 0.185. The molecule has 1 fully saturated rings. The number of ether oxygens (including phenoxy) is 2. The Morgan fingerprint density at radius 2 is 0.652 bits per heavy atom. The summed E-state index contributed by atoms with van der Waals surface area (Å²) in [6.45, 7) is 3.80. The molecule has 1 rings (SSSR count). The van der Waals surface area contributed by atoms with Crippen LogP contribution in [-0.2, 0) is 14.3 Å². The molecule has 9 nitrogen and oxygen atoms in total. The molecule has 9 heteroatoms. The summed E-state index contributed by atoms with van der Waals surface area (Å²) in [5.74, 6) is -0.185. The number of carbonyl (C=O) groups excluding carboxylic acids is 1. The monoisotopic (exact) mass is 1290 g/mol. The molecule has 92 heavy (non-hydrogen) atoms. The molecule has 0 aromatic rings. The maximum atomic E-state index is 13.2. The fraction of sp³-hybridized carbons (Fsp3) is 0.843. The maximum absolute atomic E-state index is 13.2. The highest BCUT2D eigenvalue weighted by atomic mass is 16.7. The van der Waals surface area contributed by atoms with Crippen LogP contribution in [-0.4, -0.2) is 87.5 Å². The van der Waals surface area contributed by atoms with Gasteiger partial charge in [-0.05, 0) is 83.5 Å². The van der Waals surface area contributed by atoms with Crippen molar-refractivity contribution in [2.24, 2.45) is 0 Å². The lowest BCUT2D eigenvalue weighted by Gasteiger charge is -2.40. The van der Waals surface area contributed by atoms with Gasteiger partial charge in [-0.1, -0.05) is 376 Å². The highest BCUT2D eigenvalue weighted by molar-refractivity contribution is 5.76. The third-order valence-electron chi connectivity index (χ3n) is 19.0. The predicted octanol–water partition coefficient (Wildman–Crippen LogP) is 23.0. The molecule has 1 aliphatic rings. The molecule has 1 amide bonds. The minimum Gasteiger partial charge on any atom is -0.394 e. The number of hydrogen-bond donors (Lipinski definition) is 6. The second-order valence-electron chi connectivity index (χ2n) is 27.8. The van der Waals surface area contributed by atoms with Crippen LogP contribution in [0.4, 0.5) is 0 Å². The fourth-order valence-corrected chi connectivity index (χ4v) is 12.7. The molecule has 1 saturated heterocycles. The summed E-state index contributed by atoms with van der Waals surface area (Å²) in [6, 6.07) is -0.832. The van der Waals surface area contributed by atoms with E-state index in [0.717, 1.165) is 57.8 Å². The summed E-state index contributed by atoms with van der Waals surface area (Å²) in [7, 11) is 0. The first-order chi connectivity index (χ1) is 45.3. The van der Waals surface area contributed by atoms with Crippen LogP contribution in [0.1, 0.15) is 393 Å². The van der Waals surface area contributed by atoms with Gasteiger partial charge in [-0.25, -0.2) is 0 Å². The average Bonchev–Trinajstić information content (AvgIpc) is 1.00. The van der Waals surface area contributed by atoms with E-state index in [-0.39, 0.29) is 12.5 Å². The van der Waals surface area contributed by atoms with E-state index in [1.54, 1.807) is 6.08 Å². The van der Waals surface area contributed by atoms with Crippen molar-refractivity contribution in [3.63, 3.8) is 0 Å². The number of rotatable bonds is 71. The molecular weight excluding hydrogens is 1140 g/mol. The number of allylic oxidation sites excluding steroid dienone is 11. The number of aliphatic hydroxyl groups excluding tert-OH is 5. The van der Waals surface area contributed by atoms with E-state index in [1.165, 1.54) is 315 Å². The van der Waals surface area contributed by atoms with Gasteiger partial charge in [0.25, 0.3) is 0 Å². The standard InChI is InChI=1S/C83H153NO8/c1-3-5-7-9-11-13-15-17-19-21-23-25-27-29-31-33-35-37-38-39-40-41-43-45-47-49-51-53-55-57-59-61-63-65-67-69-71-73-79(87)84-76(75-91-83-82(90)81(89)80(88)78(74-85)92-83)77(86)72-70-68-66-64-62-60-58-56-54-52-50-48-46-44-42-36-34-32-30-28-26-24-22-20-18-16-14-12-10-8-6-4-2/h15,17,21,23,27,29,54,56,62,64,70,72,76-78,80-83,85-86,88-90H,3-14,16,18-20,22,24-26,28,30-53,55,57-61,63,65-69,71,73-75H2,1-2H3,(H,84,87)/b17-15-,23-21-,29-27-,56-54+,64-62+,72-70+. The Kier molecular flexibility index (Phi) is 68.0. The van der Waals surface area contributed by atoms with Gasteiger partial charge in [0.15, 0.2) is 6.29 Å². The lowest BCUT2D eigenvalue weighted by Crippen LogP contribution is -2.60. The Labute approximate surface area is 569 Å². The van der Waals surface area contributed by atoms with Gasteiger partial charge in [-0.2, -0.15) is 0 Å². The number of unbranched alkanes of at least 4 members (excludes halogenated alkanes) is 51. The van der Waals surface area contributed by atoms with Crippen LogP contribution in [0.5, 0.6) is 0 Å². The molecule has 0 spiro atoms. The van der Waals surface area contributed by atoms with Crippen molar-refractivity contribution in [2.45, 2.75) is 436 Å². The predicted molar refractivity (Wildman–Crippen MR) is 396 cm³/mol. The zero-order valence-electron chi connectivity index (χ0n) is 60.6. The summed E-state index contributed by atoms with van der Waals surface area (Å²) >= 11 is 0. The van der Waals surface area contributed by atoms with Gasteiger partial charge >= 0.3 is 0 Å². The first kappa shape index (κ1) is 87.6. The molecule has 7 atom stereocenters. The summed E-state index contributed by atoms with van der Waals surface area (Å²) in [4.78, 5) is 13.2. The number of hydrogen-bond acceptors (Lipinski definition) is 8. The highest BCUT2D eigenvalue weighted by Crippen LogP contribution is 2.24. The first-order valence-electron chi connectivity index (χ1n) is 40.2.